The molecule has 358 valence electrons. The normalized spacial score (nSPS) is 55.4. The highest BCUT2D eigenvalue weighted by molar-refractivity contribution is 5.66. The molecule has 0 unspecified atom stereocenters. The Morgan fingerprint density at radius 3 is 2.30 bits per heavy atom. The molecule has 9 rings (SSSR count). The molecule has 5 aliphatic heterocycles. The molecule has 0 aromatic rings. The van der Waals surface area contributed by atoms with Crippen LogP contribution in [0.2, 0.25) is 0 Å². The molecule has 0 radical (unpaired) electrons. The summed E-state index contributed by atoms with van der Waals surface area (Å²) in [5.74, 6) is 1.90. The lowest BCUT2D eigenvalue weighted by atomic mass is 9.47. The van der Waals surface area contributed by atoms with Crippen molar-refractivity contribution in [2.45, 2.75) is 197 Å². The Hall–Kier alpha value is -1.39. The number of hydrogen-bond acceptors (Lipinski definition) is 17. The first-order chi connectivity index (χ1) is 29.9. The maximum Gasteiger partial charge on any atom is 0.303 e. The van der Waals surface area contributed by atoms with E-state index in [0.717, 1.165) is 51.6 Å². The molecule has 17 heteroatoms. The summed E-state index contributed by atoms with van der Waals surface area (Å²) in [6.07, 6.45) is -6.49. The third-order valence-electron chi connectivity index (χ3n) is 17.7. The average Bonchev–Trinajstić information content (AvgIpc) is 3.82. The van der Waals surface area contributed by atoms with Crippen LogP contribution < -0.4 is 0 Å². The fraction of sp³-hybridized carbons (Fsp3) is 0.935. The van der Waals surface area contributed by atoms with Crippen LogP contribution in [0.5, 0.6) is 0 Å². The van der Waals surface area contributed by atoms with E-state index in [-0.39, 0.29) is 23.0 Å². The molecule has 1 spiro atoms. The number of fused-ring (bicyclic) bond motifs is 7. The van der Waals surface area contributed by atoms with E-state index in [2.05, 4.69) is 33.8 Å². The molecule has 7 N–H and O–H groups in total. The minimum absolute atomic E-state index is 0.0308. The smallest absolute Gasteiger partial charge is 0.303 e. The number of aliphatic hydroxyl groups is 7. The van der Waals surface area contributed by atoms with Crippen molar-refractivity contribution in [2.75, 3.05) is 26.4 Å². The van der Waals surface area contributed by atoms with Crippen LogP contribution in [0, 0.1) is 46.3 Å². The summed E-state index contributed by atoms with van der Waals surface area (Å²) >= 11 is 0. The second-order valence-corrected chi connectivity index (χ2v) is 21.3. The van der Waals surface area contributed by atoms with E-state index in [4.69, 9.17) is 42.6 Å². The van der Waals surface area contributed by atoms with E-state index in [9.17, 15) is 40.5 Å². The summed E-state index contributed by atoms with van der Waals surface area (Å²) in [7, 11) is 0. The number of carbonyl (C=O) groups excluding carboxylic acids is 1. The largest absolute Gasteiger partial charge is 0.457 e. The Labute approximate surface area is 369 Å². The zero-order chi connectivity index (χ0) is 45.0. The van der Waals surface area contributed by atoms with Gasteiger partial charge in [0.1, 0.15) is 48.3 Å². The molecule has 24 atom stereocenters. The van der Waals surface area contributed by atoms with Crippen LogP contribution in [0.15, 0.2) is 11.6 Å². The molecule has 0 bridgehead atoms. The van der Waals surface area contributed by atoms with Gasteiger partial charge in [-0.1, -0.05) is 39.3 Å². The zero-order valence-electron chi connectivity index (χ0n) is 37.5. The average molecular weight is 897 g/mol. The van der Waals surface area contributed by atoms with Crippen molar-refractivity contribution in [1.82, 2.24) is 0 Å². The zero-order valence-corrected chi connectivity index (χ0v) is 37.5. The summed E-state index contributed by atoms with van der Waals surface area (Å²) in [6.45, 7) is 11.1. The predicted octanol–water partition coefficient (Wildman–Crippen LogP) is 1.43. The van der Waals surface area contributed by atoms with Gasteiger partial charge in [-0.2, -0.15) is 0 Å². The Bertz CT molecular complexity index is 1690. The van der Waals surface area contributed by atoms with Crippen LogP contribution in [-0.2, 0) is 47.4 Å². The SMILES string of the molecule is CC(=O)O[C@@H]1[C@@H](O)[C@@H](O)[C@H](O[C@H]2[C@H](O[C@H]3CC[C@@]4(C)C(=CC[C@H]5[C@@H]6C[C@@H]7O[C@]8(CC[C@@H](C)CO8)[C@@H](C)[C@@H]7[C@@]6(C)CC[C@@H]54)C3)O[C@H](CO)[C@@H](O[C@@H]3OC[C@](O)(CO)[C@H]3O)[C@@H]2O)O[C@H]1C. The highest BCUT2D eigenvalue weighted by atomic mass is 16.8. The van der Waals surface area contributed by atoms with E-state index < -0.39 is 111 Å². The van der Waals surface area contributed by atoms with E-state index in [0.29, 0.717) is 48.3 Å². The van der Waals surface area contributed by atoms with Gasteiger partial charge >= 0.3 is 5.97 Å². The molecule has 5 saturated heterocycles. The molecule has 63 heavy (non-hydrogen) atoms. The van der Waals surface area contributed by atoms with Crippen molar-refractivity contribution in [3.63, 3.8) is 0 Å². The fourth-order valence-electron chi connectivity index (χ4n) is 14.1. The quantitative estimate of drug-likeness (QED) is 0.128. The van der Waals surface area contributed by atoms with Crippen molar-refractivity contribution in [3.8, 4) is 0 Å². The molecular formula is C46H72O17. The first-order valence-electron chi connectivity index (χ1n) is 23.6. The number of aliphatic hydroxyl groups excluding tert-OH is 6. The van der Waals surface area contributed by atoms with Crippen LogP contribution in [-0.4, -0.2) is 166 Å². The summed E-state index contributed by atoms with van der Waals surface area (Å²) in [5, 5.41) is 75.9. The summed E-state index contributed by atoms with van der Waals surface area (Å²) < 4.78 is 55.4. The van der Waals surface area contributed by atoms with Crippen LogP contribution >= 0.6 is 0 Å². The van der Waals surface area contributed by atoms with Gasteiger partial charge in [-0.3, -0.25) is 4.79 Å². The van der Waals surface area contributed by atoms with Crippen molar-refractivity contribution in [3.05, 3.63) is 11.6 Å². The van der Waals surface area contributed by atoms with Gasteiger partial charge < -0.3 is 78.4 Å². The third-order valence-corrected chi connectivity index (χ3v) is 17.7. The molecule has 3 saturated carbocycles. The summed E-state index contributed by atoms with van der Waals surface area (Å²) in [6, 6.07) is 0. The number of hydrogen-bond donors (Lipinski definition) is 7. The summed E-state index contributed by atoms with van der Waals surface area (Å²) in [5.41, 5.74) is -0.527. The van der Waals surface area contributed by atoms with Gasteiger partial charge in [-0.05, 0) is 98.7 Å². The fourth-order valence-corrected chi connectivity index (χ4v) is 14.1. The number of allylic oxidation sites excluding steroid dienone is 1. The molecule has 9 aliphatic rings. The molecule has 17 nitrogen and oxygen atoms in total. The maximum absolute atomic E-state index is 12.0. The van der Waals surface area contributed by atoms with E-state index in [1.165, 1.54) is 12.5 Å². The van der Waals surface area contributed by atoms with Gasteiger partial charge in [0.05, 0.1) is 44.7 Å². The molecule has 4 aliphatic carbocycles. The highest BCUT2D eigenvalue weighted by Gasteiger charge is 2.69. The molecule has 8 fully saturated rings. The molecule has 0 amide bonds. The molecule has 5 heterocycles. The number of esters is 1. The minimum atomic E-state index is -2.03. The van der Waals surface area contributed by atoms with Gasteiger partial charge in [0.25, 0.3) is 0 Å². The number of rotatable bonds is 9. The predicted molar refractivity (Wildman–Crippen MR) is 218 cm³/mol. The van der Waals surface area contributed by atoms with Gasteiger partial charge in [0, 0.05) is 19.3 Å². The first-order valence-corrected chi connectivity index (χ1v) is 23.6. The Kier molecular flexibility index (Phi) is 12.8. The van der Waals surface area contributed by atoms with Crippen molar-refractivity contribution in [1.29, 1.82) is 0 Å². The second kappa shape index (κ2) is 17.3. The van der Waals surface area contributed by atoms with Crippen molar-refractivity contribution in [2.24, 2.45) is 46.3 Å². The lowest BCUT2D eigenvalue weighted by Gasteiger charge is -2.58. The Balaban J connectivity index is 0.917. The van der Waals surface area contributed by atoms with E-state index in [1.807, 2.05) is 0 Å². The summed E-state index contributed by atoms with van der Waals surface area (Å²) in [4.78, 5) is 11.8. The minimum Gasteiger partial charge on any atom is -0.457 e. The Morgan fingerprint density at radius 1 is 0.857 bits per heavy atom. The molecular weight excluding hydrogens is 824 g/mol. The van der Waals surface area contributed by atoms with Crippen LogP contribution in [0.4, 0.5) is 0 Å². The highest BCUT2D eigenvalue weighted by Crippen LogP contribution is 2.70. The molecule has 0 aromatic heterocycles. The van der Waals surface area contributed by atoms with Gasteiger partial charge in [-0.15, -0.1) is 0 Å². The van der Waals surface area contributed by atoms with Crippen molar-refractivity contribution >= 4 is 5.97 Å². The first kappa shape index (κ1) is 46.7. The third kappa shape index (κ3) is 7.78. The number of carbonyl (C=O) groups is 1. The van der Waals surface area contributed by atoms with E-state index >= 15 is 0 Å². The van der Waals surface area contributed by atoms with Gasteiger partial charge in [-0.25, -0.2) is 0 Å². The van der Waals surface area contributed by atoms with Crippen LogP contribution in [0.25, 0.3) is 0 Å². The maximum atomic E-state index is 12.0. The monoisotopic (exact) mass is 896 g/mol. The van der Waals surface area contributed by atoms with Crippen LogP contribution in [0.3, 0.4) is 0 Å². The lowest BCUT2D eigenvalue weighted by molar-refractivity contribution is -0.379. The molecule has 0 aromatic carbocycles. The topological polar surface area (TPSA) is 242 Å². The number of ether oxygens (including phenoxy) is 9. The van der Waals surface area contributed by atoms with Crippen LogP contribution in [0.1, 0.15) is 99.3 Å². The standard InChI is InChI=1S/C46H72O17/c1-21-9-14-46(56-18-21)22(2)32-30(63-46)16-29-27-8-7-25-15-26(10-12-43(25,5)28(27)11-13-44(29,32)6)59-41-38(62-40-34(51)33(50)36(23(3)57-40)58-24(4)49)35(52)37(31(17-47)60-41)61-42-39(53)45(54,19-48)20-55-42/h7,21-23,26-42,47-48,50-54H,8-20H2,1-6H3/t21-,22+,23+,26+,27-,28+,29+,30+,31-,32+,33+,34-,35+,36+,37-,38-,39+,40+,41-,42+,43+,44+,45-,46-/m1/s1. The Morgan fingerprint density at radius 2 is 1.62 bits per heavy atom. The van der Waals surface area contributed by atoms with E-state index in [1.54, 1.807) is 6.92 Å². The van der Waals surface area contributed by atoms with Gasteiger partial charge in [0.15, 0.2) is 30.8 Å². The van der Waals surface area contributed by atoms with Gasteiger partial charge in [0.2, 0.25) is 0 Å². The lowest BCUT2D eigenvalue weighted by Crippen LogP contribution is -2.65. The second-order valence-electron chi connectivity index (χ2n) is 21.3. The van der Waals surface area contributed by atoms with Crippen molar-refractivity contribution < 1.29 is 83.2 Å².